The summed E-state index contributed by atoms with van der Waals surface area (Å²) >= 11 is 0. The molecule has 0 fully saturated rings. The number of carbonyl (C=O) groups is 2. The number of rotatable bonds is 8. The highest BCUT2D eigenvalue weighted by molar-refractivity contribution is 6.03. The van der Waals surface area contributed by atoms with Crippen LogP contribution in [0.15, 0.2) is 24.4 Å². The summed E-state index contributed by atoms with van der Waals surface area (Å²) in [6, 6.07) is 5.36. The van der Waals surface area contributed by atoms with Gasteiger partial charge in [-0.05, 0) is 48.8 Å². The van der Waals surface area contributed by atoms with Gasteiger partial charge in [0.1, 0.15) is 11.8 Å². The highest BCUT2D eigenvalue weighted by Gasteiger charge is 2.25. The van der Waals surface area contributed by atoms with Gasteiger partial charge in [-0.3, -0.25) is 14.6 Å². The maximum absolute atomic E-state index is 12.6. The molecule has 168 valence electrons. The lowest BCUT2D eigenvalue weighted by molar-refractivity contribution is -0.120. The average Bonchev–Trinajstić information content (AvgIpc) is 3.25. The number of H-pyrrole nitrogens is 1. The van der Waals surface area contributed by atoms with Crippen LogP contribution in [0, 0.1) is 16.7 Å². The number of aromatic amines is 1. The van der Waals surface area contributed by atoms with Gasteiger partial charge in [0.05, 0.1) is 29.7 Å². The van der Waals surface area contributed by atoms with E-state index in [1.54, 1.807) is 12.1 Å². The first-order valence-electron chi connectivity index (χ1n) is 10.6. The molecule has 0 bridgehead atoms. The number of nitriles is 1. The standard InChI is InChI=1S/C23H28N6O3/c1-23(2)8-6-15(7-9-23)20-18(29-22(32)21-26-14-17(13-24)28-21)5-4-16(27-20)12-19(31)25-10-3-11-30/h4-6,14,30H,3,7-12H2,1-2H3,(H,25,31)(H,26,28)(H,29,32). The van der Waals surface area contributed by atoms with E-state index in [4.69, 9.17) is 15.4 Å². The molecular weight excluding hydrogens is 408 g/mol. The van der Waals surface area contributed by atoms with E-state index in [0.29, 0.717) is 30.0 Å². The van der Waals surface area contributed by atoms with Crippen molar-refractivity contribution in [2.45, 2.75) is 46.0 Å². The summed E-state index contributed by atoms with van der Waals surface area (Å²) < 4.78 is 0. The molecular formula is C23H28N6O3. The summed E-state index contributed by atoms with van der Waals surface area (Å²) in [6.45, 7) is 4.86. The zero-order chi connectivity index (χ0) is 23.1. The van der Waals surface area contributed by atoms with Crippen LogP contribution in [-0.2, 0) is 11.2 Å². The Balaban J connectivity index is 1.85. The van der Waals surface area contributed by atoms with E-state index in [-0.39, 0.29) is 35.9 Å². The zero-order valence-electron chi connectivity index (χ0n) is 18.4. The van der Waals surface area contributed by atoms with Crippen LogP contribution in [0.4, 0.5) is 5.69 Å². The lowest BCUT2D eigenvalue weighted by Crippen LogP contribution is -2.27. The van der Waals surface area contributed by atoms with Crippen LogP contribution in [0.1, 0.15) is 67.2 Å². The van der Waals surface area contributed by atoms with Crippen molar-refractivity contribution in [1.82, 2.24) is 20.3 Å². The number of pyridine rings is 1. The van der Waals surface area contributed by atoms with Crippen LogP contribution >= 0.6 is 0 Å². The highest BCUT2D eigenvalue weighted by Crippen LogP contribution is 2.39. The molecule has 1 aliphatic carbocycles. The van der Waals surface area contributed by atoms with Gasteiger partial charge in [-0.25, -0.2) is 4.98 Å². The number of carbonyl (C=O) groups excluding carboxylic acids is 2. The van der Waals surface area contributed by atoms with Crippen LogP contribution in [0.3, 0.4) is 0 Å². The number of aromatic nitrogens is 3. The second-order valence-corrected chi connectivity index (χ2v) is 8.61. The number of aliphatic hydroxyl groups excluding tert-OH is 1. The molecule has 0 unspecified atom stereocenters. The maximum atomic E-state index is 12.6. The molecule has 32 heavy (non-hydrogen) atoms. The Hall–Kier alpha value is -3.51. The number of aliphatic hydroxyl groups is 1. The van der Waals surface area contributed by atoms with Gasteiger partial charge in [0.2, 0.25) is 5.91 Å². The molecule has 0 atom stereocenters. The summed E-state index contributed by atoms with van der Waals surface area (Å²) in [5.74, 6) is -0.605. The van der Waals surface area contributed by atoms with E-state index < -0.39 is 5.91 Å². The molecule has 2 heterocycles. The van der Waals surface area contributed by atoms with Crippen molar-refractivity contribution in [3.05, 3.63) is 47.3 Å². The second kappa shape index (κ2) is 10.2. The molecule has 9 nitrogen and oxygen atoms in total. The minimum Gasteiger partial charge on any atom is -0.396 e. The number of amides is 2. The minimum absolute atomic E-state index is 0.0209. The van der Waals surface area contributed by atoms with Gasteiger partial charge < -0.3 is 20.7 Å². The Kier molecular flexibility index (Phi) is 7.38. The van der Waals surface area contributed by atoms with Crippen LogP contribution in [0.2, 0.25) is 0 Å². The topological polar surface area (TPSA) is 144 Å². The summed E-state index contributed by atoms with van der Waals surface area (Å²) in [6.07, 6.45) is 6.75. The average molecular weight is 437 g/mol. The third-order valence-electron chi connectivity index (χ3n) is 5.39. The Morgan fingerprint density at radius 3 is 2.81 bits per heavy atom. The van der Waals surface area contributed by atoms with Crippen LogP contribution in [0.25, 0.3) is 5.57 Å². The number of allylic oxidation sites excluding steroid dienone is 2. The molecule has 0 saturated carbocycles. The summed E-state index contributed by atoms with van der Waals surface area (Å²) in [7, 11) is 0. The van der Waals surface area contributed by atoms with E-state index >= 15 is 0 Å². The van der Waals surface area contributed by atoms with Crippen molar-refractivity contribution in [3.8, 4) is 6.07 Å². The van der Waals surface area contributed by atoms with Gasteiger partial charge in [-0.2, -0.15) is 5.26 Å². The molecule has 1 aliphatic rings. The molecule has 0 aromatic carbocycles. The highest BCUT2D eigenvalue weighted by atomic mass is 16.3. The van der Waals surface area contributed by atoms with Crippen LogP contribution in [0.5, 0.6) is 0 Å². The molecule has 2 aromatic rings. The van der Waals surface area contributed by atoms with Crippen molar-refractivity contribution in [2.24, 2.45) is 5.41 Å². The second-order valence-electron chi connectivity index (χ2n) is 8.61. The first-order chi connectivity index (χ1) is 15.3. The molecule has 0 saturated heterocycles. The van der Waals surface area contributed by atoms with Gasteiger partial charge >= 0.3 is 0 Å². The number of nitrogens with zero attached hydrogens (tertiary/aromatic N) is 3. The number of hydrogen-bond donors (Lipinski definition) is 4. The molecule has 0 radical (unpaired) electrons. The third kappa shape index (κ3) is 6.02. The van der Waals surface area contributed by atoms with E-state index in [2.05, 4.69) is 40.5 Å². The van der Waals surface area contributed by atoms with E-state index in [0.717, 1.165) is 24.8 Å². The van der Waals surface area contributed by atoms with Crippen molar-refractivity contribution in [3.63, 3.8) is 0 Å². The van der Waals surface area contributed by atoms with Crippen molar-refractivity contribution in [1.29, 1.82) is 5.26 Å². The fourth-order valence-corrected chi connectivity index (χ4v) is 3.44. The number of anilines is 1. The number of nitrogens with one attached hydrogen (secondary N) is 3. The predicted octanol–water partition coefficient (Wildman–Crippen LogP) is 2.56. The van der Waals surface area contributed by atoms with E-state index in [1.165, 1.54) is 6.20 Å². The van der Waals surface area contributed by atoms with Crippen LogP contribution in [-0.4, -0.2) is 45.0 Å². The zero-order valence-corrected chi connectivity index (χ0v) is 18.4. The molecule has 2 aromatic heterocycles. The van der Waals surface area contributed by atoms with Crippen molar-refractivity contribution in [2.75, 3.05) is 18.5 Å². The Bertz CT molecular complexity index is 1060. The lowest BCUT2D eigenvalue weighted by atomic mass is 9.77. The van der Waals surface area contributed by atoms with E-state index in [9.17, 15) is 9.59 Å². The van der Waals surface area contributed by atoms with Gasteiger partial charge in [0, 0.05) is 13.2 Å². The SMILES string of the molecule is CC1(C)CC=C(c2nc(CC(=O)NCCCO)ccc2NC(=O)c2ncc(C#N)[nH]2)CC1. The molecule has 9 heteroatoms. The fourth-order valence-electron chi connectivity index (χ4n) is 3.44. The van der Waals surface area contributed by atoms with E-state index in [1.807, 2.05) is 6.07 Å². The molecule has 2 amide bonds. The largest absolute Gasteiger partial charge is 0.396 e. The first kappa shape index (κ1) is 23.2. The summed E-state index contributed by atoms with van der Waals surface area (Å²) in [4.78, 5) is 36.1. The number of hydrogen-bond acceptors (Lipinski definition) is 6. The monoisotopic (exact) mass is 436 g/mol. The molecule has 0 aliphatic heterocycles. The summed E-state index contributed by atoms with van der Waals surface area (Å²) in [5.41, 5.74) is 3.20. The maximum Gasteiger partial charge on any atom is 0.291 e. The van der Waals surface area contributed by atoms with Gasteiger partial charge in [0.25, 0.3) is 5.91 Å². The molecule has 0 spiro atoms. The van der Waals surface area contributed by atoms with Crippen LogP contribution < -0.4 is 10.6 Å². The van der Waals surface area contributed by atoms with Gasteiger partial charge in [-0.15, -0.1) is 0 Å². The third-order valence-corrected chi connectivity index (χ3v) is 5.39. The van der Waals surface area contributed by atoms with Gasteiger partial charge in [-0.1, -0.05) is 19.9 Å². The fraction of sp³-hybridized carbons (Fsp3) is 0.435. The lowest BCUT2D eigenvalue weighted by Gasteiger charge is -2.29. The first-order valence-corrected chi connectivity index (χ1v) is 10.6. The Morgan fingerprint density at radius 2 is 2.16 bits per heavy atom. The smallest absolute Gasteiger partial charge is 0.291 e. The number of imidazole rings is 1. The van der Waals surface area contributed by atoms with Crippen molar-refractivity contribution >= 4 is 23.1 Å². The Morgan fingerprint density at radius 1 is 1.34 bits per heavy atom. The normalized spacial score (nSPS) is 14.9. The van der Waals surface area contributed by atoms with Gasteiger partial charge in [0.15, 0.2) is 5.82 Å². The Labute approximate surface area is 187 Å². The minimum atomic E-state index is -0.471. The summed E-state index contributed by atoms with van der Waals surface area (Å²) in [5, 5.41) is 23.4. The molecule has 3 rings (SSSR count). The molecule has 4 N–H and O–H groups in total. The quantitative estimate of drug-likeness (QED) is 0.468. The predicted molar refractivity (Wildman–Crippen MR) is 120 cm³/mol. The van der Waals surface area contributed by atoms with Crippen molar-refractivity contribution < 1.29 is 14.7 Å².